The third kappa shape index (κ3) is 5.27. The molecular weight excluding hydrogens is 430 g/mol. The third-order valence-corrected chi connectivity index (χ3v) is 5.30. The Morgan fingerprint density at radius 1 is 1.19 bits per heavy atom. The normalized spacial score (nSPS) is 12.8. The predicted molar refractivity (Wildman–Crippen MR) is 124 cm³/mol. The lowest BCUT2D eigenvalue weighted by molar-refractivity contribution is 0.0195. The van der Waals surface area contributed by atoms with Gasteiger partial charge < -0.3 is 21.1 Å². The highest BCUT2D eigenvalue weighted by molar-refractivity contribution is 6.32. The Kier molecular flexibility index (Phi) is 7.17. The Labute approximate surface area is 191 Å². The zero-order valence-corrected chi connectivity index (χ0v) is 18.7. The molecular formula is C23H26ClN5O3. The molecule has 0 aliphatic carbocycles. The number of anilines is 1. The molecule has 1 unspecified atom stereocenters. The number of likely N-dealkylation sites (N-methyl/N-ethyl adjacent to an activating group) is 1. The van der Waals surface area contributed by atoms with Gasteiger partial charge in [0, 0.05) is 18.7 Å². The van der Waals surface area contributed by atoms with E-state index in [1.54, 1.807) is 55.5 Å². The van der Waals surface area contributed by atoms with Gasteiger partial charge in [0.2, 0.25) is 0 Å². The van der Waals surface area contributed by atoms with Crippen molar-refractivity contribution in [3.05, 3.63) is 76.9 Å². The predicted octanol–water partition coefficient (Wildman–Crippen LogP) is 2.75. The number of amides is 2. The number of halogens is 1. The van der Waals surface area contributed by atoms with Gasteiger partial charge in [-0.2, -0.15) is 5.10 Å². The molecule has 168 valence electrons. The number of nitrogens with two attached hydrogens (primary N) is 1. The van der Waals surface area contributed by atoms with Crippen LogP contribution in [0.3, 0.4) is 0 Å². The molecule has 0 aliphatic rings. The van der Waals surface area contributed by atoms with Gasteiger partial charge >= 0.3 is 0 Å². The maximum Gasteiger partial charge on any atom is 0.256 e. The van der Waals surface area contributed by atoms with Crippen LogP contribution in [0.4, 0.5) is 5.82 Å². The third-order valence-electron chi connectivity index (χ3n) is 4.98. The number of hydrogen-bond donors (Lipinski definition) is 3. The maximum atomic E-state index is 12.7. The van der Waals surface area contributed by atoms with Crippen molar-refractivity contribution < 1.29 is 14.7 Å². The fourth-order valence-corrected chi connectivity index (χ4v) is 3.49. The van der Waals surface area contributed by atoms with Crippen LogP contribution >= 0.6 is 11.6 Å². The van der Waals surface area contributed by atoms with Gasteiger partial charge in [0.1, 0.15) is 11.4 Å². The van der Waals surface area contributed by atoms with Crippen LogP contribution in [-0.2, 0) is 0 Å². The van der Waals surface area contributed by atoms with Gasteiger partial charge in [-0.15, -0.1) is 0 Å². The van der Waals surface area contributed by atoms with Crippen LogP contribution in [-0.4, -0.2) is 56.8 Å². The molecule has 0 fully saturated rings. The zero-order chi connectivity index (χ0) is 23.3. The zero-order valence-electron chi connectivity index (χ0n) is 18.0. The van der Waals surface area contributed by atoms with E-state index < -0.39 is 11.5 Å². The molecule has 3 aromatic rings. The number of nitrogens with one attached hydrogen (secondary N) is 1. The fourth-order valence-electron chi connectivity index (χ4n) is 3.27. The van der Waals surface area contributed by atoms with Gasteiger partial charge in [-0.3, -0.25) is 9.59 Å². The van der Waals surface area contributed by atoms with Crippen LogP contribution in [0.1, 0.15) is 34.6 Å². The van der Waals surface area contributed by atoms with Crippen molar-refractivity contribution in [2.75, 3.05) is 25.4 Å². The van der Waals surface area contributed by atoms with Crippen molar-refractivity contribution in [1.29, 1.82) is 0 Å². The lowest BCUT2D eigenvalue weighted by atomic mass is 10.1. The molecule has 4 N–H and O–H groups in total. The molecule has 2 amide bonds. The molecule has 1 aromatic heterocycles. The molecule has 32 heavy (non-hydrogen) atoms. The number of nitrogen functional groups attached to an aromatic ring is 1. The smallest absolute Gasteiger partial charge is 0.256 e. The highest BCUT2D eigenvalue weighted by atomic mass is 35.5. The van der Waals surface area contributed by atoms with Crippen LogP contribution in [0.2, 0.25) is 5.02 Å². The summed E-state index contributed by atoms with van der Waals surface area (Å²) in [4.78, 5) is 26.9. The van der Waals surface area contributed by atoms with Crippen LogP contribution in [0.5, 0.6) is 0 Å². The number of benzene rings is 2. The summed E-state index contributed by atoms with van der Waals surface area (Å²) in [5.41, 5.74) is 6.01. The molecule has 0 saturated carbocycles. The van der Waals surface area contributed by atoms with Crippen molar-refractivity contribution in [2.45, 2.75) is 19.4 Å². The SMILES string of the molecule is CCN(CC(C)(O)CNC(=O)c1cnn(-c2ccccc2Cl)c1N)C(=O)c1ccccc1. The Bertz CT molecular complexity index is 1100. The minimum absolute atomic E-state index is 0.0475. The van der Waals surface area contributed by atoms with Crippen LogP contribution in [0.15, 0.2) is 60.8 Å². The number of carbonyl (C=O) groups is 2. The largest absolute Gasteiger partial charge is 0.386 e. The van der Waals surface area contributed by atoms with Crippen molar-refractivity contribution in [3.8, 4) is 5.69 Å². The van der Waals surface area contributed by atoms with E-state index in [0.717, 1.165) is 0 Å². The average molecular weight is 456 g/mol. The topological polar surface area (TPSA) is 113 Å². The summed E-state index contributed by atoms with van der Waals surface area (Å²) in [6.45, 7) is 3.77. The standard InChI is InChI=1S/C23H26ClN5O3/c1-3-28(22(31)16-9-5-4-6-10-16)15-23(2,32)14-26-21(30)17-13-27-29(20(17)25)19-12-8-7-11-18(19)24/h4-13,32H,3,14-15,25H2,1-2H3,(H,26,30). The van der Waals surface area contributed by atoms with E-state index in [1.807, 2.05) is 13.0 Å². The van der Waals surface area contributed by atoms with Crippen LogP contribution in [0.25, 0.3) is 5.69 Å². The van der Waals surface area contributed by atoms with Crippen molar-refractivity contribution in [1.82, 2.24) is 20.0 Å². The number of nitrogens with zero attached hydrogens (tertiary/aromatic N) is 3. The molecule has 0 aliphatic heterocycles. The monoisotopic (exact) mass is 455 g/mol. The van der Waals surface area contributed by atoms with Gasteiger partial charge in [-0.1, -0.05) is 41.9 Å². The van der Waals surface area contributed by atoms with E-state index in [2.05, 4.69) is 10.4 Å². The summed E-state index contributed by atoms with van der Waals surface area (Å²) >= 11 is 6.19. The Morgan fingerprint density at radius 3 is 2.50 bits per heavy atom. The molecule has 1 heterocycles. The first-order valence-corrected chi connectivity index (χ1v) is 10.5. The minimum atomic E-state index is -1.36. The second-order valence-corrected chi connectivity index (χ2v) is 8.08. The summed E-state index contributed by atoms with van der Waals surface area (Å²) in [5.74, 6) is -0.548. The number of rotatable bonds is 8. The number of carbonyl (C=O) groups excluding carboxylic acids is 2. The Morgan fingerprint density at radius 2 is 1.84 bits per heavy atom. The highest BCUT2D eigenvalue weighted by Crippen LogP contribution is 2.23. The molecule has 9 heteroatoms. The molecule has 0 saturated heterocycles. The second-order valence-electron chi connectivity index (χ2n) is 7.67. The average Bonchev–Trinajstić information content (AvgIpc) is 3.17. The van der Waals surface area contributed by atoms with Gasteiger partial charge in [0.15, 0.2) is 0 Å². The molecule has 2 aromatic carbocycles. The Hall–Kier alpha value is -3.36. The maximum absolute atomic E-state index is 12.7. The molecule has 8 nitrogen and oxygen atoms in total. The van der Waals surface area contributed by atoms with Gasteiger partial charge in [-0.25, -0.2) is 4.68 Å². The van der Waals surface area contributed by atoms with E-state index in [9.17, 15) is 14.7 Å². The number of aromatic nitrogens is 2. The van der Waals surface area contributed by atoms with Crippen LogP contribution < -0.4 is 11.1 Å². The van der Waals surface area contributed by atoms with Crippen molar-refractivity contribution >= 4 is 29.2 Å². The summed E-state index contributed by atoms with van der Waals surface area (Å²) in [6.07, 6.45) is 1.35. The van der Waals surface area contributed by atoms with Gasteiger partial charge in [-0.05, 0) is 38.1 Å². The summed E-state index contributed by atoms with van der Waals surface area (Å²) in [5, 5.41) is 18.1. The quantitative estimate of drug-likeness (QED) is 0.483. The lowest BCUT2D eigenvalue weighted by Crippen LogP contribution is -2.50. The molecule has 0 spiro atoms. The van der Waals surface area contributed by atoms with E-state index in [0.29, 0.717) is 22.8 Å². The molecule has 3 rings (SSSR count). The van der Waals surface area contributed by atoms with Gasteiger partial charge in [0.25, 0.3) is 11.8 Å². The first kappa shape index (κ1) is 23.3. The molecule has 1 atom stereocenters. The summed E-state index contributed by atoms with van der Waals surface area (Å²) in [6, 6.07) is 15.9. The first-order valence-electron chi connectivity index (χ1n) is 10.2. The van der Waals surface area contributed by atoms with Crippen molar-refractivity contribution in [3.63, 3.8) is 0 Å². The lowest BCUT2D eigenvalue weighted by Gasteiger charge is -2.31. The summed E-state index contributed by atoms with van der Waals surface area (Å²) < 4.78 is 1.38. The van der Waals surface area contributed by atoms with E-state index in [1.165, 1.54) is 15.8 Å². The van der Waals surface area contributed by atoms with Gasteiger partial charge in [0.05, 0.1) is 29.1 Å². The van der Waals surface area contributed by atoms with E-state index in [4.69, 9.17) is 17.3 Å². The fraction of sp³-hybridized carbons (Fsp3) is 0.261. The van der Waals surface area contributed by atoms with E-state index in [-0.39, 0.29) is 30.4 Å². The Balaban J connectivity index is 1.66. The van der Waals surface area contributed by atoms with Crippen LogP contribution in [0, 0.1) is 0 Å². The second kappa shape index (κ2) is 9.84. The number of aliphatic hydroxyl groups is 1. The van der Waals surface area contributed by atoms with E-state index >= 15 is 0 Å². The number of para-hydroxylation sites is 1. The highest BCUT2D eigenvalue weighted by Gasteiger charge is 2.28. The minimum Gasteiger partial charge on any atom is -0.386 e. The summed E-state index contributed by atoms with van der Waals surface area (Å²) in [7, 11) is 0. The number of hydrogen-bond acceptors (Lipinski definition) is 5. The molecule has 0 radical (unpaired) electrons. The first-order chi connectivity index (χ1) is 15.2. The van der Waals surface area contributed by atoms with Crippen molar-refractivity contribution in [2.24, 2.45) is 0 Å². The molecule has 0 bridgehead atoms.